The molecule has 2 aliphatic heterocycles. The highest BCUT2D eigenvalue weighted by Gasteiger charge is 2.61. The predicted molar refractivity (Wildman–Crippen MR) is 235 cm³/mol. The van der Waals surface area contributed by atoms with Crippen LogP contribution >= 0.6 is 23.5 Å². The molecule has 14 nitrogen and oxygen atoms in total. The lowest BCUT2D eigenvalue weighted by Gasteiger charge is -2.32. The van der Waals surface area contributed by atoms with Gasteiger partial charge in [0.25, 0.3) is 23.6 Å². The van der Waals surface area contributed by atoms with Gasteiger partial charge in [-0.1, -0.05) is 56.0 Å². The van der Waals surface area contributed by atoms with Gasteiger partial charge in [-0.3, -0.25) is 5.32 Å². The number of ether oxygens (including phenoxy) is 2. The number of benzene rings is 1. The second kappa shape index (κ2) is 20.9. The SMILES string of the molecule is Cc1cc(N)c2nc1SCCCCCC[C@](O)(C(F)(F)F)c1nnc-2o1.Cc1cc(NC(=O)OC(C)(C)C)c2nc1SCCCCCC[C@](OCc1ccccc1)(C(F)(F)F)c1nnc-2o1. The Morgan fingerprint density at radius 2 is 1.30 bits per heavy atom. The van der Waals surface area contributed by atoms with Gasteiger partial charge < -0.3 is 29.1 Å². The van der Waals surface area contributed by atoms with Crippen LogP contribution in [0.25, 0.3) is 23.2 Å². The van der Waals surface area contributed by atoms with Crippen molar-refractivity contribution in [3.63, 3.8) is 0 Å². The Hall–Kier alpha value is -4.93. The van der Waals surface area contributed by atoms with Crippen molar-refractivity contribution in [1.82, 2.24) is 30.4 Å². The number of alkyl halides is 6. The highest BCUT2D eigenvalue weighted by atomic mass is 32.2. The monoisotopic (exact) mass is 966 g/mol. The van der Waals surface area contributed by atoms with Gasteiger partial charge in [0.05, 0.1) is 28.0 Å². The Bertz CT molecular complexity index is 2430. The number of nitrogens with zero attached hydrogens (tertiary/aromatic N) is 6. The summed E-state index contributed by atoms with van der Waals surface area (Å²) in [6.07, 6.45) is -6.67. The van der Waals surface area contributed by atoms with Gasteiger partial charge in [-0.15, -0.1) is 43.9 Å². The summed E-state index contributed by atoms with van der Waals surface area (Å²) >= 11 is 3.09. The van der Waals surface area contributed by atoms with Gasteiger partial charge in [0.1, 0.15) is 5.60 Å². The van der Waals surface area contributed by atoms with Gasteiger partial charge in [0.15, 0.2) is 11.4 Å². The number of fused-ring (bicyclic) bond motifs is 10. The first kappa shape index (κ1) is 50.5. The third-order valence-electron chi connectivity index (χ3n) is 10.5. The quantitative estimate of drug-likeness (QED) is 0.144. The average Bonchev–Trinajstić information content (AvgIpc) is 3.93. The Morgan fingerprint density at radius 1 is 0.758 bits per heavy atom. The number of thioether (sulfide) groups is 2. The van der Waals surface area contributed by atoms with E-state index < -0.39 is 53.5 Å². The van der Waals surface area contributed by atoms with Crippen LogP contribution in [0.3, 0.4) is 0 Å². The number of halogens is 6. The van der Waals surface area contributed by atoms with Crippen LogP contribution in [0.5, 0.6) is 0 Å². The second-order valence-electron chi connectivity index (χ2n) is 17.0. The summed E-state index contributed by atoms with van der Waals surface area (Å²) in [6.45, 7) is 8.56. The third-order valence-corrected chi connectivity index (χ3v) is 12.9. The van der Waals surface area contributed by atoms with Gasteiger partial charge in [-0.2, -0.15) is 26.3 Å². The van der Waals surface area contributed by atoms with Gasteiger partial charge in [-0.25, -0.2) is 14.8 Å². The van der Waals surface area contributed by atoms with Gasteiger partial charge in [-0.05, 0) is 113 Å². The number of hydrogen-bond donors (Lipinski definition) is 3. The van der Waals surface area contributed by atoms with Crippen LogP contribution in [0.15, 0.2) is 61.4 Å². The number of rotatable bonds is 4. The summed E-state index contributed by atoms with van der Waals surface area (Å²) in [5, 5.41) is 29.2. The molecule has 0 aliphatic carbocycles. The van der Waals surface area contributed by atoms with E-state index in [1.165, 1.54) is 11.8 Å². The normalized spacial score (nSPS) is 19.9. The molecule has 2 aliphatic rings. The van der Waals surface area contributed by atoms with Crippen molar-refractivity contribution < 1.29 is 54.6 Å². The molecule has 0 unspecified atom stereocenters. The minimum atomic E-state index is -4.93. The molecule has 66 heavy (non-hydrogen) atoms. The van der Waals surface area contributed by atoms with E-state index in [-0.39, 0.29) is 60.4 Å². The van der Waals surface area contributed by atoms with E-state index in [9.17, 15) is 36.2 Å². The minimum absolute atomic E-state index is 0.0499. The zero-order chi connectivity index (χ0) is 47.9. The van der Waals surface area contributed by atoms with Crippen molar-refractivity contribution in [1.29, 1.82) is 0 Å². The fourth-order valence-electron chi connectivity index (χ4n) is 7.06. The predicted octanol–water partition coefficient (Wildman–Crippen LogP) is 11.6. The van der Waals surface area contributed by atoms with Crippen molar-refractivity contribution in [3.05, 3.63) is 70.9 Å². The first-order chi connectivity index (χ1) is 31.1. The number of amides is 1. The lowest BCUT2D eigenvalue weighted by Crippen LogP contribution is -2.45. The minimum Gasteiger partial charge on any atom is -0.444 e. The summed E-state index contributed by atoms with van der Waals surface area (Å²) < 4.78 is 107. The lowest BCUT2D eigenvalue weighted by atomic mass is 9.94. The molecule has 22 heteroatoms. The number of nitrogens with two attached hydrogens (primary N) is 1. The van der Waals surface area contributed by atoms with Gasteiger partial charge >= 0.3 is 18.4 Å². The molecule has 1 amide bonds. The van der Waals surface area contributed by atoms with Crippen molar-refractivity contribution in [2.24, 2.45) is 0 Å². The molecule has 4 N–H and O–H groups in total. The van der Waals surface area contributed by atoms with Crippen molar-refractivity contribution in [2.75, 3.05) is 22.6 Å². The summed E-state index contributed by atoms with van der Waals surface area (Å²) in [5.74, 6) is -0.571. The molecule has 8 bridgehead atoms. The Balaban J connectivity index is 0.000000239. The van der Waals surface area contributed by atoms with E-state index in [4.69, 9.17) is 24.0 Å². The maximum absolute atomic E-state index is 14.9. The number of nitrogens with one attached hydrogen (secondary N) is 1. The molecule has 5 aromatic rings. The number of aliphatic hydroxyl groups is 1. The van der Waals surface area contributed by atoms with Crippen molar-refractivity contribution in [2.45, 2.75) is 145 Å². The molecule has 0 saturated heterocycles. The smallest absolute Gasteiger partial charge is 0.426 e. The Kier molecular flexibility index (Phi) is 16.0. The molecule has 1 aromatic carbocycles. The maximum atomic E-state index is 14.9. The van der Waals surface area contributed by atoms with Crippen LogP contribution < -0.4 is 11.1 Å². The topological polar surface area (TPSA) is 197 Å². The number of aromatic nitrogens is 6. The maximum Gasteiger partial charge on any atom is 0.426 e. The Morgan fingerprint density at radius 3 is 1.91 bits per heavy atom. The van der Waals surface area contributed by atoms with Crippen molar-refractivity contribution >= 4 is 41.0 Å². The van der Waals surface area contributed by atoms with Gasteiger partial charge in [0, 0.05) is 0 Å². The molecule has 0 spiro atoms. The third kappa shape index (κ3) is 12.1. The van der Waals surface area contributed by atoms with E-state index >= 15 is 0 Å². The van der Waals surface area contributed by atoms with E-state index in [0.717, 1.165) is 53.3 Å². The number of pyridine rings is 2. The number of aryl methyl sites for hydroxylation is 2. The largest absolute Gasteiger partial charge is 0.444 e. The first-order valence-corrected chi connectivity index (χ1v) is 23.3. The molecule has 0 saturated carbocycles. The van der Waals surface area contributed by atoms with E-state index in [1.807, 2.05) is 13.8 Å². The van der Waals surface area contributed by atoms with E-state index in [0.29, 0.717) is 23.4 Å². The van der Waals surface area contributed by atoms with Crippen LogP contribution in [0, 0.1) is 13.8 Å². The molecule has 6 heterocycles. The van der Waals surface area contributed by atoms with Gasteiger partial charge in [0.2, 0.25) is 11.2 Å². The molecular weight excluding hydrogens is 915 g/mol. The molecular formula is C44H52F6N8O6S2. The number of hydrogen-bond acceptors (Lipinski definition) is 15. The average molecular weight is 967 g/mol. The molecule has 4 aromatic heterocycles. The highest BCUT2D eigenvalue weighted by molar-refractivity contribution is 7.99. The van der Waals surface area contributed by atoms with Crippen molar-refractivity contribution in [3.8, 4) is 23.2 Å². The number of anilines is 2. The van der Waals surface area contributed by atoms with Crippen LogP contribution in [0.4, 0.5) is 42.5 Å². The fourth-order valence-corrected chi connectivity index (χ4v) is 9.03. The molecule has 7 rings (SSSR count). The summed E-state index contributed by atoms with van der Waals surface area (Å²) in [4.78, 5) is 21.6. The number of nitrogen functional groups attached to an aromatic ring is 1. The standard InChI is InChI=1S/C28H33F3N4O4S.C16H19F3N4O2S/c1-18-16-20(32-25(36)39-26(2,3)4)21-22-34-35-24(38-22)27(28(29,30)31,37-17-19-12-8-7-9-13-19)14-10-5-6-11-15-40-23(18)33-21;1-9-8-10(20)11-12-22-23-14(25-12)15(24,16(17,18)19)6-4-2-3-5-7-26-13(9)21-11/h7-9,12-13,16H,5-6,10-11,14-15,17H2,1-4H3,(H,32,36);8,24H,2-7,20H2,1H3/t27-;15-/m11/s1. The molecule has 0 fully saturated rings. The lowest BCUT2D eigenvalue weighted by molar-refractivity contribution is -0.300. The highest BCUT2D eigenvalue weighted by Crippen LogP contribution is 2.48. The van der Waals surface area contributed by atoms with Crippen LogP contribution in [0.1, 0.15) is 113 Å². The summed E-state index contributed by atoms with van der Waals surface area (Å²) in [6, 6.07) is 12.0. The molecule has 358 valence electrons. The van der Waals surface area contributed by atoms with Crippen LogP contribution in [-0.2, 0) is 27.3 Å². The van der Waals surface area contributed by atoms with E-state index in [1.54, 1.807) is 75.0 Å². The summed E-state index contributed by atoms with van der Waals surface area (Å²) in [5.41, 5.74) is 1.98. The zero-order valence-corrected chi connectivity index (χ0v) is 38.7. The number of carbonyl (C=O) groups is 1. The zero-order valence-electron chi connectivity index (χ0n) is 37.1. The van der Waals surface area contributed by atoms with E-state index in [2.05, 4.69) is 35.7 Å². The molecule has 0 radical (unpaired) electrons. The molecule has 2 atom stereocenters. The second-order valence-corrected chi connectivity index (χ2v) is 19.2. The number of carbonyl (C=O) groups excluding carboxylic acids is 1. The first-order valence-electron chi connectivity index (χ1n) is 21.4. The fraction of sp³-hybridized carbons (Fsp3) is 0.523. The van der Waals surface area contributed by atoms with Crippen LogP contribution in [-0.4, -0.2) is 71.0 Å². The Labute approximate surface area is 386 Å². The summed E-state index contributed by atoms with van der Waals surface area (Å²) in [7, 11) is 0. The van der Waals surface area contributed by atoms with Crippen LogP contribution in [0.2, 0.25) is 0 Å².